The third-order valence-electron chi connectivity index (χ3n) is 8.23. The van der Waals surface area contributed by atoms with Crippen molar-refractivity contribution in [2.24, 2.45) is 11.8 Å². The third-order valence-corrected chi connectivity index (χ3v) is 8.23. The van der Waals surface area contributed by atoms with Gasteiger partial charge in [-0.3, -0.25) is 24.6 Å². The molecule has 0 aliphatic carbocycles. The Labute approximate surface area is 196 Å². The Morgan fingerprint density at radius 1 is 0.909 bits per heavy atom. The van der Waals surface area contributed by atoms with Crippen molar-refractivity contribution in [2.45, 2.75) is 70.5 Å². The average Bonchev–Trinajstić information content (AvgIpc) is 3.12. The lowest BCUT2D eigenvalue weighted by atomic mass is 9.78. The normalized spacial score (nSPS) is 26.1. The predicted molar refractivity (Wildman–Crippen MR) is 125 cm³/mol. The predicted octanol–water partition coefficient (Wildman–Crippen LogP) is 2.44. The molecule has 33 heavy (non-hydrogen) atoms. The number of nitrogens with zero attached hydrogens (tertiary/aromatic N) is 2. The molecular formula is C26H36N4O3. The van der Waals surface area contributed by atoms with E-state index in [4.69, 9.17) is 0 Å². The lowest BCUT2D eigenvalue weighted by Crippen LogP contribution is -2.52. The molecule has 1 atom stereocenters. The van der Waals surface area contributed by atoms with E-state index in [0.29, 0.717) is 13.0 Å². The van der Waals surface area contributed by atoms with Crippen LogP contribution in [-0.4, -0.2) is 59.7 Å². The fraction of sp³-hybridized carbons (Fsp3) is 0.654. The van der Waals surface area contributed by atoms with Crippen LogP contribution in [0.2, 0.25) is 0 Å². The van der Waals surface area contributed by atoms with Crippen molar-refractivity contribution in [3.8, 4) is 0 Å². The van der Waals surface area contributed by atoms with Crippen LogP contribution in [0.15, 0.2) is 18.2 Å². The highest BCUT2D eigenvalue weighted by Gasteiger charge is 2.40. The van der Waals surface area contributed by atoms with Crippen molar-refractivity contribution >= 4 is 17.7 Å². The summed E-state index contributed by atoms with van der Waals surface area (Å²) in [7, 11) is 0. The minimum Gasteiger partial charge on any atom is -0.322 e. The summed E-state index contributed by atoms with van der Waals surface area (Å²) >= 11 is 0. The van der Waals surface area contributed by atoms with E-state index in [2.05, 4.69) is 21.6 Å². The van der Waals surface area contributed by atoms with Crippen LogP contribution in [0.5, 0.6) is 0 Å². The van der Waals surface area contributed by atoms with Crippen LogP contribution in [0, 0.1) is 11.8 Å². The summed E-state index contributed by atoms with van der Waals surface area (Å²) in [5.74, 6) is 1.06. The maximum atomic E-state index is 13.1. The molecule has 1 aromatic carbocycles. The molecule has 0 aromatic heterocycles. The molecule has 4 aliphatic heterocycles. The summed E-state index contributed by atoms with van der Waals surface area (Å²) in [6.07, 6.45) is 8.57. The van der Waals surface area contributed by atoms with Gasteiger partial charge in [-0.05, 0) is 100 Å². The lowest BCUT2D eigenvalue weighted by molar-refractivity contribution is -0.136. The third kappa shape index (κ3) is 4.85. The maximum absolute atomic E-state index is 13.1. The Morgan fingerprint density at radius 2 is 1.64 bits per heavy atom. The fourth-order valence-electron chi connectivity index (χ4n) is 6.34. The van der Waals surface area contributed by atoms with E-state index in [0.717, 1.165) is 42.6 Å². The maximum Gasteiger partial charge on any atom is 0.255 e. The van der Waals surface area contributed by atoms with Crippen LogP contribution in [-0.2, 0) is 22.7 Å². The summed E-state index contributed by atoms with van der Waals surface area (Å²) in [5.41, 5.74) is 2.98. The number of imide groups is 1. The number of carbonyl (C=O) groups is 3. The van der Waals surface area contributed by atoms with Gasteiger partial charge in [-0.1, -0.05) is 12.1 Å². The number of amides is 3. The molecule has 0 radical (unpaired) electrons. The van der Waals surface area contributed by atoms with E-state index < -0.39 is 6.04 Å². The Morgan fingerprint density at radius 3 is 2.36 bits per heavy atom. The van der Waals surface area contributed by atoms with Gasteiger partial charge in [0, 0.05) is 25.1 Å². The first kappa shape index (κ1) is 22.5. The van der Waals surface area contributed by atoms with Crippen molar-refractivity contribution in [3.63, 3.8) is 0 Å². The SMILES string of the molecule is O=C1CCC(N2Cc3c(CN4CCC(C5CCCNCCC5)CC4)cccc3C2=O)C(=O)N1. The first-order valence-electron chi connectivity index (χ1n) is 12.8. The van der Waals surface area contributed by atoms with E-state index >= 15 is 0 Å². The van der Waals surface area contributed by atoms with Gasteiger partial charge >= 0.3 is 0 Å². The van der Waals surface area contributed by atoms with Gasteiger partial charge in [0.05, 0.1) is 0 Å². The van der Waals surface area contributed by atoms with Crippen LogP contribution in [0.25, 0.3) is 0 Å². The largest absolute Gasteiger partial charge is 0.322 e. The fourth-order valence-corrected chi connectivity index (χ4v) is 6.34. The van der Waals surface area contributed by atoms with Crippen LogP contribution in [0.4, 0.5) is 0 Å². The number of hydrogen-bond acceptors (Lipinski definition) is 5. The highest BCUT2D eigenvalue weighted by atomic mass is 16.2. The molecule has 0 bridgehead atoms. The topological polar surface area (TPSA) is 81.8 Å². The number of fused-ring (bicyclic) bond motifs is 1. The first-order valence-corrected chi connectivity index (χ1v) is 12.8. The van der Waals surface area contributed by atoms with Gasteiger partial charge in [-0.25, -0.2) is 0 Å². The highest BCUT2D eigenvalue weighted by molar-refractivity contribution is 6.05. The molecule has 1 unspecified atom stereocenters. The van der Waals surface area contributed by atoms with Gasteiger partial charge < -0.3 is 10.2 Å². The molecule has 0 spiro atoms. The molecule has 7 nitrogen and oxygen atoms in total. The molecule has 3 amide bonds. The molecule has 4 heterocycles. The monoisotopic (exact) mass is 452 g/mol. The van der Waals surface area contributed by atoms with Crippen LogP contribution >= 0.6 is 0 Å². The number of benzene rings is 1. The van der Waals surface area contributed by atoms with Crippen molar-refractivity contribution in [1.82, 2.24) is 20.4 Å². The number of nitrogens with one attached hydrogen (secondary N) is 2. The zero-order chi connectivity index (χ0) is 22.8. The molecule has 3 fully saturated rings. The van der Waals surface area contributed by atoms with Gasteiger partial charge in [0.25, 0.3) is 5.91 Å². The number of carbonyl (C=O) groups excluding carboxylic acids is 3. The zero-order valence-electron chi connectivity index (χ0n) is 19.5. The summed E-state index contributed by atoms with van der Waals surface area (Å²) in [5, 5.41) is 5.91. The van der Waals surface area contributed by atoms with Crippen molar-refractivity contribution < 1.29 is 14.4 Å². The van der Waals surface area contributed by atoms with Crippen LogP contribution in [0.1, 0.15) is 72.9 Å². The second kappa shape index (κ2) is 9.94. The molecule has 3 saturated heterocycles. The van der Waals surface area contributed by atoms with Crippen molar-refractivity contribution in [3.05, 3.63) is 34.9 Å². The van der Waals surface area contributed by atoms with Gasteiger partial charge in [0.2, 0.25) is 11.8 Å². The first-order chi connectivity index (χ1) is 16.1. The highest BCUT2D eigenvalue weighted by Crippen LogP contribution is 2.34. The van der Waals surface area contributed by atoms with E-state index in [-0.39, 0.29) is 24.1 Å². The minimum atomic E-state index is -0.551. The number of hydrogen-bond donors (Lipinski definition) is 2. The number of rotatable bonds is 4. The Hall–Kier alpha value is -2.25. The summed E-state index contributed by atoms with van der Waals surface area (Å²) < 4.78 is 0. The summed E-state index contributed by atoms with van der Waals surface area (Å²) in [6.45, 7) is 5.90. The van der Waals surface area contributed by atoms with Crippen molar-refractivity contribution in [1.29, 1.82) is 0 Å². The van der Waals surface area contributed by atoms with Gasteiger partial charge in [0.15, 0.2) is 0 Å². The summed E-state index contributed by atoms with van der Waals surface area (Å²) in [6, 6.07) is 5.43. The van der Waals surface area contributed by atoms with E-state index in [1.807, 2.05) is 12.1 Å². The smallest absolute Gasteiger partial charge is 0.255 e. The Balaban J connectivity index is 1.21. The molecule has 1 aromatic rings. The summed E-state index contributed by atoms with van der Waals surface area (Å²) in [4.78, 5) is 41.2. The minimum absolute atomic E-state index is 0.0844. The van der Waals surface area contributed by atoms with E-state index in [1.54, 1.807) is 4.90 Å². The molecule has 4 aliphatic rings. The second-order valence-electron chi connectivity index (χ2n) is 10.3. The van der Waals surface area contributed by atoms with E-state index in [9.17, 15) is 14.4 Å². The average molecular weight is 453 g/mol. The molecule has 7 heteroatoms. The molecular weight excluding hydrogens is 416 g/mol. The zero-order valence-corrected chi connectivity index (χ0v) is 19.5. The van der Waals surface area contributed by atoms with E-state index in [1.165, 1.54) is 57.2 Å². The molecule has 0 saturated carbocycles. The standard InChI is InChI=1S/C26H36N4O3/c31-24-9-8-23(25(32)28-24)30-17-22-20(4-1-7-21(22)26(30)33)16-29-14-10-19(11-15-29)18-5-2-12-27-13-3-6-18/h1,4,7,18-19,23,27H,2-3,5-6,8-17H2,(H,28,31,32). The molecule has 5 rings (SSSR count). The van der Waals surface area contributed by atoms with Gasteiger partial charge in [-0.15, -0.1) is 0 Å². The van der Waals surface area contributed by atoms with Gasteiger partial charge in [0.1, 0.15) is 6.04 Å². The number of likely N-dealkylation sites (tertiary alicyclic amines) is 1. The van der Waals surface area contributed by atoms with Gasteiger partial charge in [-0.2, -0.15) is 0 Å². The Bertz CT molecular complexity index is 901. The van der Waals surface area contributed by atoms with Crippen molar-refractivity contribution in [2.75, 3.05) is 26.2 Å². The Kier molecular flexibility index (Phi) is 6.79. The molecule has 2 N–H and O–H groups in total. The lowest BCUT2D eigenvalue weighted by Gasteiger charge is -2.37. The van der Waals surface area contributed by atoms with Crippen LogP contribution in [0.3, 0.4) is 0 Å². The quantitative estimate of drug-likeness (QED) is 0.686. The van der Waals surface area contributed by atoms with Crippen LogP contribution < -0.4 is 10.6 Å². The number of piperidine rings is 2. The molecule has 178 valence electrons. The second-order valence-corrected chi connectivity index (χ2v) is 10.3.